The molecule has 0 fully saturated rings. The monoisotopic (exact) mass is 779 g/mol. The lowest BCUT2D eigenvalue weighted by atomic mass is 9.35. The zero-order valence-electron chi connectivity index (χ0n) is 34.5. The fourth-order valence-corrected chi connectivity index (χ4v) is 10.5. The zero-order valence-corrected chi connectivity index (χ0v) is 34.5. The van der Waals surface area contributed by atoms with Crippen LogP contribution in [-0.4, -0.2) is 6.71 Å². The number of rotatable bonds is 6. The molecule has 61 heavy (non-hydrogen) atoms. The topological polar surface area (TPSA) is 12.5 Å². The smallest absolute Gasteiger partial charge is 0.243 e. The second-order valence-corrected chi connectivity index (χ2v) is 17.3. The fraction of sp³-hybridized carbons (Fsp3) is 0.0690. The van der Waals surface area contributed by atoms with Crippen LogP contribution in [0.5, 0.6) is 11.5 Å². The number of ether oxygens (including phenoxy) is 1. The number of nitrogens with zero attached hydrogens (tertiary/aromatic N) is 1. The highest BCUT2D eigenvalue weighted by atomic mass is 16.5. The molecular weight excluding hydrogens is 737 g/mol. The summed E-state index contributed by atoms with van der Waals surface area (Å²) in [6.07, 6.45) is 0. The molecule has 10 aromatic carbocycles. The van der Waals surface area contributed by atoms with Crippen molar-refractivity contribution in [1.82, 2.24) is 0 Å². The molecule has 2 nitrogen and oxygen atoms in total. The van der Waals surface area contributed by atoms with Gasteiger partial charge in [0.05, 0.1) is 0 Å². The highest BCUT2D eigenvalue weighted by Crippen LogP contribution is 2.52. The van der Waals surface area contributed by atoms with Crippen LogP contribution in [0.1, 0.15) is 30.5 Å². The van der Waals surface area contributed by atoms with Gasteiger partial charge >= 0.3 is 0 Å². The van der Waals surface area contributed by atoms with Gasteiger partial charge in [0.25, 0.3) is 0 Å². The van der Waals surface area contributed by atoms with E-state index in [2.05, 4.69) is 226 Å². The van der Waals surface area contributed by atoms with Gasteiger partial charge in [0.1, 0.15) is 11.5 Å². The van der Waals surface area contributed by atoms with E-state index < -0.39 is 0 Å². The minimum atomic E-state index is -0.122. The molecule has 3 heteroatoms. The Hall–Kier alpha value is -7.36. The van der Waals surface area contributed by atoms with E-state index in [0.717, 1.165) is 39.5 Å². The molecule has 0 atom stereocenters. The Morgan fingerprint density at radius 1 is 0.410 bits per heavy atom. The summed E-state index contributed by atoms with van der Waals surface area (Å²) in [5.41, 5.74) is 16.0. The molecule has 0 aromatic heterocycles. The molecule has 0 unspecified atom stereocenters. The first-order chi connectivity index (χ1) is 29.9. The van der Waals surface area contributed by atoms with Crippen LogP contribution >= 0.6 is 0 Å². The van der Waals surface area contributed by atoms with E-state index in [0.29, 0.717) is 0 Å². The van der Waals surface area contributed by atoms with Gasteiger partial charge in [-0.15, -0.1) is 0 Å². The molecule has 0 bridgehead atoms. The Kier molecular flexibility index (Phi) is 7.93. The summed E-state index contributed by atoms with van der Waals surface area (Å²) in [5, 5.41) is 7.33. The number of benzene rings is 10. The summed E-state index contributed by atoms with van der Waals surface area (Å²) in [5.74, 6) is 1.74. The predicted molar refractivity (Wildman–Crippen MR) is 259 cm³/mol. The van der Waals surface area contributed by atoms with Gasteiger partial charge < -0.3 is 9.64 Å². The number of hydrogen-bond donors (Lipinski definition) is 0. The van der Waals surface area contributed by atoms with Crippen molar-refractivity contribution >= 4 is 72.5 Å². The first-order valence-electron chi connectivity index (χ1n) is 21.4. The molecule has 0 N–H and O–H groups in total. The maximum atomic E-state index is 7.05. The molecule has 288 valence electrons. The van der Waals surface area contributed by atoms with E-state index in [1.54, 1.807) is 0 Å². The summed E-state index contributed by atoms with van der Waals surface area (Å²) in [6, 6.07) is 73.6. The lowest BCUT2D eigenvalue weighted by molar-refractivity contribution is 0.487. The van der Waals surface area contributed by atoms with Crippen molar-refractivity contribution in [3.63, 3.8) is 0 Å². The highest BCUT2D eigenvalue weighted by Gasteiger charge is 2.36. The van der Waals surface area contributed by atoms with Crippen molar-refractivity contribution in [3.05, 3.63) is 217 Å². The van der Waals surface area contributed by atoms with Gasteiger partial charge in [-0.1, -0.05) is 187 Å². The Morgan fingerprint density at radius 3 is 1.90 bits per heavy atom. The third-order valence-corrected chi connectivity index (χ3v) is 13.5. The van der Waals surface area contributed by atoms with Crippen molar-refractivity contribution in [2.24, 2.45) is 0 Å². The standard InChI is InChI=1S/C58H42BNO/c1-37-14-4-11-23-52(37)59(53-24-12-18-39-16-7-8-19-44(39)53)54-33-32-48-47-31-29-43(36-56(47)61-55-25-13-21-49(54)57(48)55)60(41-27-26-38-15-5-6-17-40(38)34-41)42-28-30-46-45-20-9-10-22-50(45)58(2,3)51(46)35-42/h4-36H,1-3H3. The van der Waals surface area contributed by atoms with Crippen LogP contribution in [0.3, 0.4) is 0 Å². The van der Waals surface area contributed by atoms with Crippen molar-refractivity contribution in [1.29, 1.82) is 0 Å². The lowest BCUT2D eigenvalue weighted by Gasteiger charge is -2.30. The SMILES string of the molecule is Cc1ccccc1B(c1cccc2ccccc12)c1ccc2c3c(cccc13)Oc1cc(N(c3ccc4c(c3)C(C)(C)c3ccccc3-4)c3ccc4ccccc4c3)ccc1-2. The van der Waals surface area contributed by atoms with Crippen LogP contribution < -0.4 is 26.0 Å². The number of aryl methyl sites for hydroxylation is 1. The average Bonchev–Trinajstić information content (AvgIpc) is 3.53. The third kappa shape index (κ3) is 5.50. The molecule has 1 aliphatic carbocycles. The molecule has 0 amide bonds. The summed E-state index contributed by atoms with van der Waals surface area (Å²) in [4.78, 5) is 2.39. The molecule has 12 rings (SSSR count). The normalized spacial score (nSPS) is 13.1. The van der Waals surface area contributed by atoms with Gasteiger partial charge in [-0.25, -0.2) is 0 Å². The van der Waals surface area contributed by atoms with Crippen LogP contribution in [0.2, 0.25) is 0 Å². The molecule has 0 spiro atoms. The van der Waals surface area contributed by atoms with Gasteiger partial charge in [0.2, 0.25) is 6.71 Å². The Balaban J connectivity index is 1.02. The van der Waals surface area contributed by atoms with Crippen molar-refractivity contribution in [3.8, 4) is 33.8 Å². The van der Waals surface area contributed by atoms with E-state index in [1.807, 2.05) is 0 Å². The summed E-state index contributed by atoms with van der Waals surface area (Å²) in [7, 11) is 0. The van der Waals surface area contributed by atoms with Gasteiger partial charge in [-0.2, -0.15) is 0 Å². The number of fused-ring (bicyclic) bond motifs is 7. The molecule has 10 aromatic rings. The van der Waals surface area contributed by atoms with Crippen LogP contribution in [0.4, 0.5) is 17.1 Å². The third-order valence-electron chi connectivity index (χ3n) is 13.5. The molecular formula is C58H42BNO. The lowest BCUT2D eigenvalue weighted by Crippen LogP contribution is -2.53. The number of hydrogen-bond acceptors (Lipinski definition) is 2. The summed E-state index contributed by atoms with van der Waals surface area (Å²) < 4.78 is 7.05. The fourth-order valence-electron chi connectivity index (χ4n) is 10.5. The second-order valence-electron chi connectivity index (χ2n) is 17.3. The quantitative estimate of drug-likeness (QED) is 0.156. The zero-order chi connectivity index (χ0) is 40.8. The Bertz CT molecular complexity index is 3410. The van der Waals surface area contributed by atoms with E-state index in [1.165, 1.54) is 76.7 Å². The summed E-state index contributed by atoms with van der Waals surface area (Å²) >= 11 is 0. The molecule has 0 radical (unpaired) electrons. The maximum absolute atomic E-state index is 7.05. The summed E-state index contributed by atoms with van der Waals surface area (Å²) in [6.45, 7) is 6.97. The van der Waals surface area contributed by atoms with Gasteiger partial charge in [0.15, 0.2) is 0 Å². The minimum absolute atomic E-state index is 0.0287. The van der Waals surface area contributed by atoms with E-state index in [4.69, 9.17) is 4.74 Å². The molecule has 0 saturated heterocycles. The Labute approximate surface area is 357 Å². The Morgan fingerprint density at radius 2 is 1.02 bits per heavy atom. The minimum Gasteiger partial charge on any atom is -0.456 e. The molecule has 1 aliphatic heterocycles. The van der Waals surface area contributed by atoms with Crippen molar-refractivity contribution in [2.45, 2.75) is 26.2 Å². The highest BCUT2D eigenvalue weighted by molar-refractivity contribution is 6.98. The van der Waals surface area contributed by atoms with E-state index >= 15 is 0 Å². The average molecular weight is 780 g/mol. The molecule has 0 saturated carbocycles. The van der Waals surface area contributed by atoms with Crippen molar-refractivity contribution < 1.29 is 4.74 Å². The van der Waals surface area contributed by atoms with E-state index in [9.17, 15) is 0 Å². The molecule has 1 heterocycles. The first-order valence-corrected chi connectivity index (χ1v) is 21.4. The van der Waals surface area contributed by atoms with E-state index in [-0.39, 0.29) is 12.1 Å². The molecule has 2 aliphatic rings. The van der Waals surface area contributed by atoms with Gasteiger partial charge in [-0.3, -0.25) is 0 Å². The van der Waals surface area contributed by atoms with Crippen LogP contribution in [-0.2, 0) is 5.41 Å². The largest absolute Gasteiger partial charge is 0.456 e. The van der Waals surface area contributed by atoms with Gasteiger partial charge in [0, 0.05) is 39.5 Å². The van der Waals surface area contributed by atoms with Crippen LogP contribution in [0, 0.1) is 6.92 Å². The van der Waals surface area contributed by atoms with Gasteiger partial charge in [-0.05, 0) is 104 Å². The second kappa shape index (κ2) is 13.6. The first kappa shape index (κ1) is 35.6. The van der Waals surface area contributed by atoms with Crippen LogP contribution in [0.25, 0.3) is 54.6 Å². The van der Waals surface area contributed by atoms with Crippen molar-refractivity contribution in [2.75, 3.05) is 4.90 Å². The number of anilines is 3. The predicted octanol–water partition coefficient (Wildman–Crippen LogP) is 13.5. The van der Waals surface area contributed by atoms with Crippen LogP contribution in [0.15, 0.2) is 200 Å². The maximum Gasteiger partial charge on any atom is 0.243 e.